The molecule has 0 amide bonds. The average molecular weight is 263 g/mol. The molecular weight excluding hydrogens is 251 g/mol. The van der Waals surface area contributed by atoms with Crippen LogP contribution in [0.1, 0.15) is 19.4 Å². The Bertz CT molecular complexity index is 313. The topological polar surface area (TPSA) is 37.3 Å². The van der Waals surface area contributed by atoms with Gasteiger partial charge in [0.05, 0.1) is 6.42 Å². The first kappa shape index (κ1) is 13.1. The maximum atomic E-state index is 12.9. The van der Waals surface area contributed by atoms with Crippen molar-refractivity contribution in [1.82, 2.24) is 0 Å². The molecule has 14 heavy (non-hydrogen) atoms. The second kappa shape index (κ2) is 6.54. The molecule has 0 fully saturated rings. The number of aliphatic carboxylic acids is 1. The predicted molar refractivity (Wildman–Crippen MR) is 56.8 cm³/mol. The Morgan fingerprint density at radius 3 is 2.50 bits per heavy atom. The van der Waals surface area contributed by atoms with E-state index < -0.39 is 11.8 Å². The molecule has 0 aliphatic heterocycles. The molecule has 4 heteroatoms. The monoisotopic (exact) mass is 262 g/mol. The highest BCUT2D eigenvalue weighted by molar-refractivity contribution is 9.10. The first-order chi connectivity index (χ1) is 6.59. The van der Waals surface area contributed by atoms with Crippen molar-refractivity contribution in [2.75, 3.05) is 0 Å². The lowest BCUT2D eigenvalue weighted by Gasteiger charge is -1.98. The molecule has 0 heterocycles. The summed E-state index contributed by atoms with van der Waals surface area (Å²) in [6, 6.07) is 4.31. The van der Waals surface area contributed by atoms with Crippen LogP contribution in [0.5, 0.6) is 0 Å². The second-order valence-corrected chi connectivity index (χ2v) is 3.22. The number of carbonyl (C=O) groups is 1. The number of carboxylic acid groups (broad SMARTS) is 1. The zero-order valence-electron chi connectivity index (χ0n) is 8.05. The van der Waals surface area contributed by atoms with Crippen LogP contribution < -0.4 is 0 Å². The molecule has 1 aromatic carbocycles. The molecule has 0 aromatic heterocycles. The van der Waals surface area contributed by atoms with E-state index in [1.165, 1.54) is 12.1 Å². The smallest absolute Gasteiger partial charge is 0.307 e. The summed E-state index contributed by atoms with van der Waals surface area (Å²) in [5, 5.41) is 8.38. The van der Waals surface area contributed by atoms with Gasteiger partial charge >= 0.3 is 5.97 Å². The largest absolute Gasteiger partial charge is 0.481 e. The van der Waals surface area contributed by atoms with Crippen LogP contribution in [0.25, 0.3) is 0 Å². The summed E-state index contributed by atoms with van der Waals surface area (Å²) in [7, 11) is 0. The van der Waals surface area contributed by atoms with Crippen molar-refractivity contribution < 1.29 is 14.3 Å². The second-order valence-electron chi connectivity index (χ2n) is 2.31. The molecule has 0 saturated heterocycles. The number of hydrogen-bond donors (Lipinski definition) is 1. The molecule has 0 atom stereocenters. The number of hydrogen-bond acceptors (Lipinski definition) is 1. The molecule has 0 spiro atoms. The summed E-state index contributed by atoms with van der Waals surface area (Å²) in [6.45, 7) is 4.00. The van der Waals surface area contributed by atoms with Gasteiger partial charge in [-0.1, -0.05) is 35.8 Å². The molecule has 0 radical (unpaired) electrons. The highest BCUT2D eigenvalue weighted by atomic mass is 79.9. The maximum Gasteiger partial charge on any atom is 0.307 e. The molecule has 1 aromatic rings. The lowest BCUT2D eigenvalue weighted by atomic mass is 10.1. The highest BCUT2D eigenvalue weighted by Gasteiger charge is 2.06. The van der Waals surface area contributed by atoms with Crippen molar-refractivity contribution in [2.24, 2.45) is 0 Å². The number of benzene rings is 1. The quantitative estimate of drug-likeness (QED) is 0.889. The van der Waals surface area contributed by atoms with E-state index in [-0.39, 0.29) is 12.0 Å². The van der Waals surface area contributed by atoms with E-state index in [0.717, 1.165) is 0 Å². The Balaban J connectivity index is 0.000000791. The fourth-order valence-corrected chi connectivity index (χ4v) is 1.16. The van der Waals surface area contributed by atoms with Gasteiger partial charge in [0.25, 0.3) is 0 Å². The van der Waals surface area contributed by atoms with E-state index in [0.29, 0.717) is 4.47 Å². The van der Waals surface area contributed by atoms with E-state index in [9.17, 15) is 9.18 Å². The summed E-state index contributed by atoms with van der Waals surface area (Å²) >= 11 is 3.08. The van der Waals surface area contributed by atoms with Gasteiger partial charge in [0, 0.05) is 4.47 Å². The summed E-state index contributed by atoms with van der Waals surface area (Å²) < 4.78 is 13.5. The number of halogens is 2. The first-order valence-corrected chi connectivity index (χ1v) is 5.04. The van der Waals surface area contributed by atoms with Crippen molar-refractivity contribution in [3.8, 4) is 0 Å². The van der Waals surface area contributed by atoms with E-state index in [1.807, 2.05) is 13.8 Å². The third kappa shape index (κ3) is 4.37. The average Bonchev–Trinajstić information content (AvgIpc) is 2.13. The zero-order chi connectivity index (χ0) is 11.1. The Hall–Kier alpha value is -0.900. The van der Waals surface area contributed by atoms with Gasteiger partial charge in [-0.3, -0.25) is 4.79 Å². The molecule has 0 unspecified atom stereocenters. The van der Waals surface area contributed by atoms with Crippen LogP contribution in [0.3, 0.4) is 0 Å². The molecule has 1 N–H and O–H groups in total. The SMILES string of the molecule is CC.O=C(O)Cc1ccc(Br)cc1F. The lowest BCUT2D eigenvalue weighted by Crippen LogP contribution is -2.02. The van der Waals surface area contributed by atoms with Crippen LogP contribution in [0.4, 0.5) is 4.39 Å². The molecule has 2 nitrogen and oxygen atoms in total. The highest BCUT2D eigenvalue weighted by Crippen LogP contribution is 2.15. The third-order valence-corrected chi connectivity index (χ3v) is 1.85. The number of rotatable bonds is 2. The summed E-state index contributed by atoms with van der Waals surface area (Å²) in [6.07, 6.45) is -0.279. The first-order valence-electron chi connectivity index (χ1n) is 4.25. The lowest BCUT2D eigenvalue weighted by molar-refractivity contribution is -0.136. The van der Waals surface area contributed by atoms with E-state index >= 15 is 0 Å². The van der Waals surface area contributed by atoms with Crippen LogP contribution in [-0.4, -0.2) is 11.1 Å². The fourth-order valence-electron chi connectivity index (χ4n) is 0.828. The third-order valence-electron chi connectivity index (χ3n) is 1.36. The van der Waals surface area contributed by atoms with Gasteiger partial charge in [-0.25, -0.2) is 4.39 Å². The van der Waals surface area contributed by atoms with Gasteiger partial charge in [0.2, 0.25) is 0 Å². The van der Waals surface area contributed by atoms with Crippen molar-refractivity contribution in [3.05, 3.63) is 34.1 Å². The fraction of sp³-hybridized carbons (Fsp3) is 0.300. The normalized spacial score (nSPS) is 8.86. The van der Waals surface area contributed by atoms with Crippen molar-refractivity contribution in [1.29, 1.82) is 0 Å². The standard InChI is InChI=1S/C8H6BrFO2.C2H6/c9-6-2-1-5(3-8(11)12)7(10)4-6;1-2/h1-2,4H,3H2,(H,11,12);1-2H3. The predicted octanol–water partition coefficient (Wildman–Crippen LogP) is 3.24. The van der Waals surface area contributed by atoms with Crippen molar-refractivity contribution in [2.45, 2.75) is 20.3 Å². The van der Waals surface area contributed by atoms with Gasteiger partial charge in [-0.2, -0.15) is 0 Å². The van der Waals surface area contributed by atoms with E-state index in [1.54, 1.807) is 6.07 Å². The van der Waals surface area contributed by atoms with Crippen molar-refractivity contribution in [3.63, 3.8) is 0 Å². The van der Waals surface area contributed by atoms with Crippen LogP contribution >= 0.6 is 15.9 Å². The Morgan fingerprint density at radius 2 is 2.07 bits per heavy atom. The molecule has 78 valence electrons. The molecule has 1 rings (SSSR count). The number of carboxylic acids is 1. The van der Waals surface area contributed by atoms with Gasteiger partial charge in [-0.15, -0.1) is 0 Å². The molecular formula is C10H12BrFO2. The zero-order valence-corrected chi connectivity index (χ0v) is 9.64. The Morgan fingerprint density at radius 1 is 1.50 bits per heavy atom. The van der Waals surface area contributed by atoms with Crippen molar-refractivity contribution >= 4 is 21.9 Å². The van der Waals surface area contributed by atoms with Crippen LogP contribution in [0.15, 0.2) is 22.7 Å². The summed E-state index contributed by atoms with van der Waals surface area (Å²) in [5.74, 6) is -1.53. The van der Waals surface area contributed by atoms with Gasteiger partial charge in [-0.05, 0) is 17.7 Å². The van der Waals surface area contributed by atoms with Crippen LogP contribution in [0.2, 0.25) is 0 Å². The molecule has 0 bridgehead atoms. The minimum absolute atomic E-state index is 0.200. The van der Waals surface area contributed by atoms with Gasteiger partial charge in [0.1, 0.15) is 5.82 Å². The summed E-state index contributed by atoms with van der Waals surface area (Å²) in [5.41, 5.74) is 0.200. The maximum absolute atomic E-state index is 12.9. The minimum Gasteiger partial charge on any atom is -0.481 e. The van der Waals surface area contributed by atoms with Crippen LogP contribution in [0, 0.1) is 5.82 Å². The molecule has 0 saturated carbocycles. The van der Waals surface area contributed by atoms with Crippen LogP contribution in [-0.2, 0) is 11.2 Å². The van der Waals surface area contributed by atoms with Gasteiger partial charge in [0.15, 0.2) is 0 Å². The Labute approximate surface area is 90.9 Å². The molecule has 0 aliphatic carbocycles. The Kier molecular flexibility index (Phi) is 6.12. The van der Waals surface area contributed by atoms with E-state index in [2.05, 4.69) is 15.9 Å². The summed E-state index contributed by atoms with van der Waals surface area (Å²) in [4.78, 5) is 10.2. The van der Waals surface area contributed by atoms with E-state index in [4.69, 9.17) is 5.11 Å². The molecule has 0 aliphatic rings. The minimum atomic E-state index is -1.03. The van der Waals surface area contributed by atoms with Gasteiger partial charge < -0.3 is 5.11 Å².